The topological polar surface area (TPSA) is 78.4 Å². The summed E-state index contributed by atoms with van der Waals surface area (Å²) in [5, 5.41) is 0. The summed E-state index contributed by atoms with van der Waals surface area (Å²) in [6.07, 6.45) is 0. The Morgan fingerprint density at radius 1 is 0.720 bits per heavy atom. The summed E-state index contributed by atoms with van der Waals surface area (Å²) in [4.78, 5) is 25.3. The number of carbonyl (C=O) groups is 2. The van der Waals surface area contributed by atoms with Crippen molar-refractivity contribution in [1.82, 2.24) is 8.75 Å². The lowest BCUT2D eigenvalue weighted by atomic mass is 10.0. The van der Waals surface area contributed by atoms with Crippen LogP contribution in [-0.4, -0.2) is 34.5 Å². The first-order valence-corrected chi connectivity index (χ1v) is 8.07. The summed E-state index contributed by atoms with van der Waals surface area (Å²) in [6, 6.07) is 13.2. The summed E-state index contributed by atoms with van der Waals surface area (Å²) in [6.45, 7) is 0. The smallest absolute Gasteiger partial charge is 0.214 e. The first-order chi connectivity index (χ1) is 12.1. The maximum atomic E-state index is 12.7. The minimum absolute atomic E-state index is 0.0518. The lowest BCUT2D eigenvalue weighted by Gasteiger charge is -2.04. The molecule has 0 saturated carbocycles. The van der Waals surface area contributed by atoms with Crippen molar-refractivity contribution >= 4 is 23.3 Å². The molecule has 0 aliphatic heterocycles. The maximum absolute atomic E-state index is 12.7. The van der Waals surface area contributed by atoms with Crippen molar-refractivity contribution in [2.45, 2.75) is 0 Å². The number of carbonyl (C=O) groups excluding carboxylic acids is 2. The number of ether oxygens (including phenoxy) is 2. The third kappa shape index (κ3) is 3.41. The quantitative estimate of drug-likeness (QED) is 0.633. The second-order valence-corrected chi connectivity index (χ2v) is 5.61. The molecule has 0 aliphatic rings. The van der Waals surface area contributed by atoms with Gasteiger partial charge in [-0.05, 0) is 48.5 Å². The first kappa shape index (κ1) is 16.8. The summed E-state index contributed by atoms with van der Waals surface area (Å²) in [5.74, 6) is 0.575. The van der Waals surface area contributed by atoms with Crippen LogP contribution >= 0.6 is 11.7 Å². The van der Waals surface area contributed by atoms with E-state index in [-0.39, 0.29) is 23.0 Å². The monoisotopic (exact) mass is 354 g/mol. The van der Waals surface area contributed by atoms with Gasteiger partial charge in [0.15, 0.2) is 11.4 Å². The van der Waals surface area contributed by atoms with Gasteiger partial charge in [0.1, 0.15) is 11.5 Å². The Bertz CT molecular complexity index is 828. The van der Waals surface area contributed by atoms with Crippen molar-refractivity contribution in [2.24, 2.45) is 0 Å². The van der Waals surface area contributed by atoms with Gasteiger partial charge in [0, 0.05) is 11.1 Å². The molecule has 2 aromatic carbocycles. The zero-order chi connectivity index (χ0) is 17.8. The van der Waals surface area contributed by atoms with Crippen LogP contribution in [0.2, 0.25) is 0 Å². The Hall–Kier alpha value is -3.06. The number of methoxy groups -OCH3 is 2. The van der Waals surface area contributed by atoms with E-state index in [0.29, 0.717) is 22.6 Å². The van der Waals surface area contributed by atoms with Crippen molar-refractivity contribution in [3.63, 3.8) is 0 Å². The maximum Gasteiger partial charge on any atom is 0.214 e. The summed E-state index contributed by atoms with van der Waals surface area (Å²) < 4.78 is 18.2. The Balaban J connectivity index is 1.90. The number of aromatic nitrogens is 2. The van der Waals surface area contributed by atoms with Gasteiger partial charge in [0.05, 0.1) is 25.9 Å². The summed E-state index contributed by atoms with van der Waals surface area (Å²) in [7, 11) is 3.10. The fourth-order valence-corrected chi connectivity index (χ4v) is 2.79. The minimum atomic E-state index is -0.353. The van der Waals surface area contributed by atoms with E-state index in [1.165, 1.54) is 0 Å². The predicted octanol–water partition coefficient (Wildman–Crippen LogP) is 3.02. The number of rotatable bonds is 6. The Morgan fingerprint density at radius 2 is 1.08 bits per heavy atom. The summed E-state index contributed by atoms with van der Waals surface area (Å²) >= 11 is 0.836. The number of hydrogen-bond donors (Lipinski definition) is 0. The van der Waals surface area contributed by atoms with E-state index in [1.54, 1.807) is 62.8 Å². The normalized spacial score (nSPS) is 10.3. The van der Waals surface area contributed by atoms with Gasteiger partial charge in [-0.1, -0.05) is 0 Å². The minimum Gasteiger partial charge on any atom is -0.497 e. The highest BCUT2D eigenvalue weighted by Crippen LogP contribution is 2.20. The molecular weight excluding hydrogens is 340 g/mol. The number of hydrogen-bond acceptors (Lipinski definition) is 7. The van der Waals surface area contributed by atoms with Crippen LogP contribution in [0.1, 0.15) is 32.1 Å². The van der Waals surface area contributed by atoms with E-state index >= 15 is 0 Å². The van der Waals surface area contributed by atoms with E-state index in [2.05, 4.69) is 8.75 Å². The van der Waals surface area contributed by atoms with Crippen LogP contribution in [0.25, 0.3) is 0 Å². The Kier molecular flexibility index (Phi) is 4.85. The Labute approximate surface area is 148 Å². The second-order valence-electron chi connectivity index (χ2n) is 5.08. The van der Waals surface area contributed by atoms with E-state index in [9.17, 15) is 9.59 Å². The molecule has 1 heterocycles. The zero-order valence-electron chi connectivity index (χ0n) is 13.6. The molecule has 0 atom stereocenters. The number of ketones is 2. The number of nitrogens with zero attached hydrogens (tertiary/aromatic N) is 2. The molecule has 3 rings (SSSR count). The van der Waals surface area contributed by atoms with E-state index < -0.39 is 0 Å². The van der Waals surface area contributed by atoms with Crippen LogP contribution in [0.4, 0.5) is 0 Å². The second kappa shape index (κ2) is 7.23. The van der Waals surface area contributed by atoms with Crippen LogP contribution in [0.5, 0.6) is 11.5 Å². The van der Waals surface area contributed by atoms with E-state index in [0.717, 1.165) is 11.7 Å². The average Bonchev–Trinajstić information content (AvgIpc) is 3.16. The molecule has 0 radical (unpaired) electrons. The highest BCUT2D eigenvalue weighted by Gasteiger charge is 2.24. The van der Waals surface area contributed by atoms with Gasteiger partial charge in [-0.15, -0.1) is 0 Å². The predicted molar refractivity (Wildman–Crippen MR) is 92.8 cm³/mol. The molecule has 0 aliphatic carbocycles. The fraction of sp³-hybridized carbons (Fsp3) is 0.111. The van der Waals surface area contributed by atoms with Crippen molar-refractivity contribution in [2.75, 3.05) is 14.2 Å². The molecule has 6 nitrogen and oxygen atoms in total. The molecule has 3 aromatic rings. The molecule has 25 heavy (non-hydrogen) atoms. The molecule has 0 spiro atoms. The van der Waals surface area contributed by atoms with Gasteiger partial charge in [0.2, 0.25) is 11.6 Å². The van der Waals surface area contributed by atoms with Crippen molar-refractivity contribution in [3.05, 3.63) is 71.0 Å². The van der Waals surface area contributed by atoms with Gasteiger partial charge >= 0.3 is 0 Å². The SMILES string of the molecule is COc1ccc(C(=O)c2nsnc2C(=O)c2ccc(OC)cc2)cc1. The molecule has 0 saturated heterocycles. The lowest BCUT2D eigenvalue weighted by molar-refractivity contribution is 0.0998. The average molecular weight is 354 g/mol. The fourth-order valence-electron chi connectivity index (χ4n) is 2.24. The molecule has 7 heteroatoms. The van der Waals surface area contributed by atoms with E-state index in [1.807, 2.05) is 0 Å². The van der Waals surface area contributed by atoms with Crippen LogP contribution < -0.4 is 9.47 Å². The highest BCUT2D eigenvalue weighted by molar-refractivity contribution is 6.99. The Morgan fingerprint density at radius 3 is 1.40 bits per heavy atom. The standard InChI is InChI=1S/C18H14N2O4S/c1-23-13-7-3-11(4-8-13)17(21)15-16(20-25-19-15)18(22)12-5-9-14(24-2)10-6-12/h3-10H,1-2H3. The molecular formula is C18H14N2O4S. The van der Waals surface area contributed by atoms with Gasteiger partial charge in [-0.2, -0.15) is 8.75 Å². The third-order valence-electron chi connectivity index (χ3n) is 3.62. The van der Waals surface area contributed by atoms with Gasteiger partial charge in [-0.25, -0.2) is 0 Å². The van der Waals surface area contributed by atoms with Crippen LogP contribution in [0.3, 0.4) is 0 Å². The lowest BCUT2D eigenvalue weighted by Crippen LogP contribution is -2.11. The third-order valence-corrected chi connectivity index (χ3v) is 4.15. The van der Waals surface area contributed by atoms with Gasteiger partial charge in [0.25, 0.3) is 0 Å². The van der Waals surface area contributed by atoms with Crippen LogP contribution in [0.15, 0.2) is 48.5 Å². The van der Waals surface area contributed by atoms with Crippen molar-refractivity contribution in [1.29, 1.82) is 0 Å². The van der Waals surface area contributed by atoms with Gasteiger partial charge in [-0.3, -0.25) is 9.59 Å². The summed E-state index contributed by atoms with van der Waals surface area (Å²) in [5.41, 5.74) is 0.932. The molecule has 126 valence electrons. The molecule has 0 N–H and O–H groups in total. The van der Waals surface area contributed by atoms with E-state index in [4.69, 9.17) is 9.47 Å². The number of benzene rings is 2. The van der Waals surface area contributed by atoms with Crippen LogP contribution in [0, 0.1) is 0 Å². The molecule has 0 amide bonds. The molecule has 0 fully saturated rings. The van der Waals surface area contributed by atoms with Crippen LogP contribution in [-0.2, 0) is 0 Å². The zero-order valence-corrected chi connectivity index (χ0v) is 14.4. The van der Waals surface area contributed by atoms with Crippen molar-refractivity contribution in [3.8, 4) is 11.5 Å². The highest BCUT2D eigenvalue weighted by atomic mass is 32.1. The van der Waals surface area contributed by atoms with Gasteiger partial charge < -0.3 is 9.47 Å². The molecule has 1 aromatic heterocycles. The largest absolute Gasteiger partial charge is 0.497 e. The van der Waals surface area contributed by atoms with Crippen molar-refractivity contribution < 1.29 is 19.1 Å². The first-order valence-electron chi connectivity index (χ1n) is 7.34. The molecule has 0 unspecified atom stereocenters. The molecule has 0 bridgehead atoms.